The van der Waals surface area contributed by atoms with E-state index in [0.717, 1.165) is 18.2 Å². The van der Waals surface area contributed by atoms with Gasteiger partial charge >= 0.3 is 5.69 Å². The monoisotopic (exact) mass is 235 g/mol. The molecule has 92 valence electrons. The zero-order valence-electron chi connectivity index (χ0n) is 10.1. The molecular weight excluding hydrogens is 218 g/mol. The number of hydrogen-bond acceptors (Lipinski definition) is 4. The third-order valence-electron chi connectivity index (χ3n) is 3.23. The second-order valence-electron chi connectivity index (χ2n) is 4.77. The van der Waals surface area contributed by atoms with Crippen molar-refractivity contribution in [1.29, 1.82) is 0 Å². The standard InChI is InChI=1S/C12H17N3O2/c1-8(10-4-5-10)7-13-12-11(15(16)17)6-3-9(2)14-12/h3,6,8,10H,4-5,7H2,1-2H3,(H,13,14). The summed E-state index contributed by atoms with van der Waals surface area (Å²) in [6.45, 7) is 4.76. The molecule has 0 radical (unpaired) electrons. The number of nitrogens with zero attached hydrogens (tertiary/aromatic N) is 2. The van der Waals surface area contributed by atoms with E-state index in [1.807, 2.05) is 6.92 Å². The number of nitrogens with one attached hydrogen (secondary N) is 1. The van der Waals surface area contributed by atoms with E-state index in [9.17, 15) is 10.1 Å². The molecule has 0 spiro atoms. The van der Waals surface area contributed by atoms with Gasteiger partial charge in [0.1, 0.15) is 0 Å². The minimum atomic E-state index is -0.392. The van der Waals surface area contributed by atoms with E-state index in [2.05, 4.69) is 17.2 Å². The van der Waals surface area contributed by atoms with Gasteiger partial charge in [-0.2, -0.15) is 0 Å². The lowest BCUT2D eigenvalue weighted by Gasteiger charge is -2.12. The molecule has 1 saturated carbocycles. The molecule has 5 nitrogen and oxygen atoms in total. The molecule has 1 fully saturated rings. The van der Waals surface area contributed by atoms with Crippen molar-refractivity contribution in [2.75, 3.05) is 11.9 Å². The van der Waals surface area contributed by atoms with Crippen LogP contribution in [-0.2, 0) is 0 Å². The summed E-state index contributed by atoms with van der Waals surface area (Å²) in [5.41, 5.74) is 0.843. The number of nitro groups is 1. The highest BCUT2D eigenvalue weighted by Gasteiger charge is 2.28. The van der Waals surface area contributed by atoms with E-state index in [0.29, 0.717) is 11.7 Å². The van der Waals surface area contributed by atoms with E-state index in [1.165, 1.54) is 18.9 Å². The highest BCUT2D eigenvalue weighted by Crippen LogP contribution is 2.36. The molecule has 5 heteroatoms. The molecule has 1 N–H and O–H groups in total. The van der Waals surface area contributed by atoms with Gasteiger partial charge in [-0.1, -0.05) is 6.92 Å². The number of hydrogen-bond donors (Lipinski definition) is 1. The van der Waals surface area contributed by atoms with E-state index >= 15 is 0 Å². The lowest BCUT2D eigenvalue weighted by atomic mass is 10.1. The minimum Gasteiger partial charge on any atom is -0.364 e. The smallest absolute Gasteiger partial charge is 0.311 e. The van der Waals surface area contributed by atoms with Crippen LogP contribution in [0.1, 0.15) is 25.5 Å². The average molecular weight is 235 g/mol. The molecule has 1 aromatic heterocycles. The predicted molar refractivity (Wildman–Crippen MR) is 66.0 cm³/mol. The molecule has 0 aromatic carbocycles. The fourth-order valence-electron chi connectivity index (χ4n) is 1.92. The van der Waals surface area contributed by atoms with Crippen LogP contribution in [0.3, 0.4) is 0 Å². The fourth-order valence-corrected chi connectivity index (χ4v) is 1.92. The highest BCUT2D eigenvalue weighted by molar-refractivity contribution is 5.56. The van der Waals surface area contributed by atoms with Crippen molar-refractivity contribution in [3.05, 3.63) is 27.9 Å². The predicted octanol–water partition coefficient (Wildman–Crippen LogP) is 2.76. The molecule has 1 unspecified atom stereocenters. The molecule has 1 atom stereocenters. The summed E-state index contributed by atoms with van der Waals surface area (Å²) in [5.74, 6) is 1.73. The number of anilines is 1. The van der Waals surface area contributed by atoms with Crippen LogP contribution in [0.2, 0.25) is 0 Å². The summed E-state index contributed by atoms with van der Waals surface area (Å²) in [5, 5.41) is 14.0. The maximum Gasteiger partial charge on any atom is 0.311 e. The maximum atomic E-state index is 10.8. The van der Waals surface area contributed by atoms with E-state index in [1.54, 1.807) is 6.07 Å². The normalized spacial score (nSPS) is 16.6. The molecule has 1 heterocycles. The summed E-state index contributed by atoms with van der Waals surface area (Å²) in [6.07, 6.45) is 2.57. The van der Waals surface area contributed by atoms with E-state index < -0.39 is 4.92 Å². The SMILES string of the molecule is Cc1ccc([N+](=O)[O-])c(NCC(C)C2CC2)n1. The van der Waals surface area contributed by atoms with Crippen molar-refractivity contribution in [3.8, 4) is 0 Å². The lowest BCUT2D eigenvalue weighted by molar-refractivity contribution is -0.384. The largest absolute Gasteiger partial charge is 0.364 e. The summed E-state index contributed by atoms with van der Waals surface area (Å²) < 4.78 is 0. The van der Waals surface area contributed by atoms with Crippen LogP contribution >= 0.6 is 0 Å². The van der Waals surface area contributed by atoms with Gasteiger partial charge in [-0.05, 0) is 37.7 Å². The topological polar surface area (TPSA) is 68.1 Å². The molecule has 0 aliphatic heterocycles. The second kappa shape index (κ2) is 4.69. The van der Waals surface area contributed by atoms with Crippen molar-refractivity contribution in [2.45, 2.75) is 26.7 Å². The van der Waals surface area contributed by atoms with Crippen LogP contribution in [0.5, 0.6) is 0 Å². The van der Waals surface area contributed by atoms with Crippen molar-refractivity contribution >= 4 is 11.5 Å². The summed E-state index contributed by atoms with van der Waals surface area (Å²) in [4.78, 5) is 14.7. The first kappa shape index (κ1) is 11.8. The van der Waals surface area contributed by atoms with Gasteiger partial charge in [0.2, 0.25) is 5.82 Å². The van der Waals surface area contributed by atoms with Gasteiger partial charge in [-0.3, -0.25) is 10.1 Å². The Hall–Kier alpha value is -1.65. The van der Waals surface area contributed by atoms with Crippen LogP contribution in [0.25, 0.3) is 0 Å². The zero-order chi connectivity index (χ0) is 12.4. The van der Waals surface area contributed by atoms with Crippen LogP contribution < -0.4 is 5.32 Å². The van der Waals surface area contributed by atoms with Crippen molar-refractivity contribution in [3.63, 3.8) is 0 Å². The molecular formula is C12H17N3O2. The molecule has 17 heavy (non-hydrogen) atoms. The molecule has 0 amide bonds. The molecule has 1 aliphatic rings. The van der Waals surface area contributed by atoms with Gasteiger partial charge in [0.25, 0.3) is 0 Å². The Labute approximate surface area is 100 Å². The number of pyridine rings is 1. The van der Waals surface area contributed by atoms with Crippen LogP contribution in [0.4, 0.5) is 11.5 Å². The van der Waals surface area contributed by atoms with Gasteiger partial charge in [0, 0.05) is 18.3 Å². The Bertz CT molecular complexity index is 430. The van der Waals surface area contributed by atoms with E-state index in [4.69, 9.17) is 0 Å². The van der Waals surface area contributed by atoms with Crippen molar-refractivity contribution in [1.82, 2.24) is 4.98 Å². The first-order valence-corrected chi connectivity index (χ1v) is 5.94. The molecule has 0 bridgehead atoms. The first-order chi connectivity index (χ1) is 8.08. The minimum absolute atomic E-state index is 0.0543. The van der Waals surface area contributed by atoms with Gasteiger partial charge in [-0.25, -0.2) is 4.98 Å². The highest BCUT2D eigenvalue weighted by atomic mass is 16.6. The van der Waals surface area contributed by atoms with Gasteiger partial charge < -0.3 is 5.32 Å². The first-order valence-electron chi connectivity index (χ1n) is 5.94. The third kappa shape index (κ3) is 2.93. The van der Waals surface area contributed by atoms with Crippen molar-refractivity contribution < 1.29 is 4.92 Å². The van der Waals surface area contributed by atoms with Crippen molar-refractivity contribution in [2.24, 2.45) is 11.8 Å². The van der Waals surface area contributed by atoms with Crippen LogP contribution in [0, 0.1) is 28.9 Å². The van der Waals surface area contributed by atoms with Crippen LogP contribution in [-0.4, -0.2) is 16.5 Å². The maximum absolute atomic E-state index is 10.8. The number of aryl methyl sites for hydroxylation is 1. The van der Waals surface area contributed by atoms with E-state index in [-0.39, 0.29) is 5.69 Å². The fraction of sp³-hybridized carbons (Fsp3) is 0.583. The summed E-state index contributed by atoms with van der Waals surface area (Å²) in [7, 11) is 0. The molecule has 1 aromatic rings. The van der Waals surface area contributed by atoms with Crippen LogP contribution in [0.15, 0.2) is 12.1 Å². The second-order valence-corrected chi connectivity index (χ2v) is 4.77. The average Bonchev–Trinajstić information content (AvgIpc) is 3.09. The zero-order valence-corrected chi connectivity index (χ0v) is 10.1. The Kier molecular flexibility index (Phi) is 3.26. The Morgan fingerprint density at radius 2 is 2.29 bits per heavy atom. The van der Waals surface area contributed by atoms with Gasteiger partial charge in [0.15, 0.2) is 0 Å². The summed E-state index contributed by atoms with van der Waals surface area (Å²) >= 11 is 0. The Morgan fingerprint density at radius 3 is 2.88 bits per heavy atom. The van der Waals surface area contributed by atoms with Gasteiger partial charge in [-0.15, -0.1) is 0 Å². The molecule has 2 rings (SSSR count). The number of aromatic nitrogens is 1. The quantitative estimate of drug-likeness (QED) is 0.629. The number of rotatable bonds is 5. The van der Waals surface area contributed by atoms with Gasteiger partial charge in [0.05, 0.1) is 4.92 Å². The molecule has 1 aliphatic carbocycles. The third-order valence-corrected chi connectivity index (χ3v) is 3.23. The summed E-state index contributed by atoms with van der Waals surface area (Å²) in [6, 6.07) is 3.17. The Balaban J connectivity index is 2.07. The lowest BCUT2D eigenvalue weighted by Crippen LogP contribution is -2.15. The molecule has 0 saturated heterocycles. The Morgan fingerprint density at radius 1 is 1.59 bits per heavy atom.